The van der Waals surface area contributed by atoms with Crippen molar-refractivity contribution in [3.8, 4) is 5.75 Å². The third-order valence-electron chi connectivity index (χ3n) is 2.79. The quantitative estimate of drug-likeness (QED) is 0.578. The number of hydrogen-bond donors (Lipinski definition) is 0. The molecule has 0 unspecified atom stereocenters. The number of benzene rings is 1. The number of ether oxygens (including phenoxy) is 1. The van der Waals surface area contributed by atoms with Gasteiger partial charge in [-0.15, -0.1) is 0 Å². The number of fused-ring (bicyclic) bond motifs is 1. The van der Waals surface area contributed by atoms with Crippen molar-refractivity contribution in [2.45, 2.75) is 33.1 Å². The second kappa shape index (κ2) is 5.67. The van der Waals surface area contributed by atoms with Gasteiger partial charge in [-0.05, 0) is 18.6 Å². The monoisotopic (exact) mass is 247 g/mol. The first-order valence-corrected chi connectivity index (χ1v) is 6.25. The second-order valence-electron chi connectivity index (χ2n) is 4.30. The van der Waals surface area contributed by atoms with Crippen molar-refractivity contribution in [1.82, 2.24) is 5.16 Å². The van der Waals surface area contributed by atoms with Gasteiger partial charge in [-0.1, -0.05) is 24.9 Å². The van der Waals surface area contributed by atoms with Crippen LogP contribution < -0.4 is 4.74 Å². The van der Waals surface area contributed by atoms with E-state index in [1.54, 1.807) is 6.07 Å². The lowest BCUT2D eigenvalue weighted by Gasteiger charge is -2.04. The first-order chi connectivity index (χ1) is 8.72. The van der Waals surface area contributed by atoms with Gasteiger partial charge >= 0.3 is 0 Å². The van der Waals surface area contributed by atoms with Crippen LogP contribution >= 0.6 is 0 Å². The molecule has 0 N–H and O–H groups in total. The predicted molar refractivity (Wildman–Crippen MR) is 69.0 cm³/mol. The molecule has 0 saturated heterocycles. The summed E-state index contributed by atoms with van der Waals surface area (Å²) in [5.74, 6) is 0.662. The summed E-state index contributed by atoms with van der Waals surface area (Å²) in [7, 11) is 0. The van der Waals surface area contributed by atoms with E-state index in [0.29, 0.717) is 17.9 Å². The van der Waals surface area contributed by atoms with E-state index in [4.69, 9.17) is 9.26 Å². The number of hydrogen-bond acceptors (Lipinski definition) is 4. The van der Waals surface area contributed by atoms with Gasteiger partial charge in [0.05, 0.1) is 12.0 Å². The molecular weight excluding hydrogens is 230 g/mol. The summed E-state index contributed by atoms with van der Waals surface area (Å²) in [6.45, 7) is 4.34. The smallest absolute Gasteiger partial charge is 0.182 e. The highest BCUT2D eigenvalue weighted by Gasteiger charge is 2.12. The highest BCUT2D eigenvalue weighted by molar-refractivity contribution is 6.04. The maximum atomic E-state index is 11.3. The van der Waals surface area contributed by atoms with Crippen molar-refractivity contribution in [2.24, 2.45) is 0 Å². The number of aromatic nitrogens is 1. The Balaban J connectivity index is 2.11. The van der Waals surface area contributed by atoms with Crippen LogP contribution in [-0.2, 0) is 0 Å². The molecule has 0 radical (unpaired) electrons. The summed E-state index contributed by atoms with van der Waals surface area (Å²) in [4.78, 5) is 11.3. The fraction of sp³-hybridized carbons (Fsp3) is 0.429. The molecule has 0 aliphatic rings. The zero-order chi connectivity index (χ0) is 13.0. The molecule has 4 nitrogen and oxygen atoms in total. The van der Waals surface area contributed by atoms with E-state index in [2.05, 4.69) is 12.1 Å². The number of carbonyl (C=O) groups is 1. The van der Waals surface area contributed by atoms with Crippen molar-refractivity contribution in [3.63, 3.8) is 0 Å². The average Bonchev–Trinajstić information content (AvgIpc) is 2.77. The third-order valence-corrected chi connectivity index (χ3v) is 2.79. The minimum absolute atomic E-state index is 0.0923. The van der Waals surface area contributed by atoms with Gasteiger partial charge in [-0.3, -0.25) is 4.79 Å². The normalized spacial score (nSPS) is 10.8. The molecule has 0 aliphatic heterocycles. The number of rotatable bonds is 6. The molecular formula is C14H17NO3. The molecule has 2 aromatic rings. The Morgan fingerprint density at radius 2 is 2.22 bits per heavy atom. The van der Waals surface area contributed by atoms with Crippen molar-refractivity contribution in [1.29, 1.82) is 0 Å². The van der Waals surface area contributed by atoms with E-state index >= 15 is 0 Å². The van der Waals surface area contributed by atoms with Crippen LogP contribution in [-0.4, -0.2) is 17.5 Å². The highest BCUT2D eigenvalue weighted by atomic mass is 16.5. The predicted octanol–water partition coefficient (Wildman–Crippen LogP) is 3.60. The molecule has 18 heavy (non-hydrogen) atoms. The van der Waals surface area contributed by atoms with Gasteiger partial charge in [0.2, 0.25) is 0 Å². The van der Waals surface area contributed by atoms with Gasteiger partial charge in [0.1, 0.15) is 5.75 Å². The van der Waals surface area contributed by atoms with Crippen LogP contribution in [0.2, 0.25) is 0 Å². The Labute approximate surface area is 106 Å². The Morgan fingerprint density at radius 3 is 2.94 bits per heavy atom. The van der Waals surface area contributed by atoms with E-state index in [-0.39, 0.29) is 5.78 Å². The lowest BCUT2D eigenvalue weighted by Crippen LogP contribution is -1.96. The molecule has 1 aromatic carbocycles. The molecule has 96 valence electrons. The zero-order valence-corrected chi connectivity index (χ0v) is 10.7. The van der Waals surface area contributed by atoms with Crippen LogP contribution in [0, 0.1) is 0 Å². The van der Waals surface area contributed by atoms with E-state index in [1.807, 2.05) is 12.1 Å². The highest BCUT2D eigenvalue weighted by Crippen LogP contribution is 2.24. The standard InChI is InChI=1S/C14H17NO3/c1-3-4-5-8-17-11-6-7-12-13(9-11)18-15-14(12)10(2)16/h6-7,9H,3-5,8H2,1-2H3. The molecule has 2 rings (SSSR count). The van der Waals surface area contributed by atoms with Crippen molar-refractivity contribution >= 4 is 16.8 Å². The van der Waals surface area contributed by atoms with Crippen molar-refractivity contribution in [3.05, 3.63) is 23.9 Å². The molecule has 0 aliphatic carbocycles. The Hall–Kier alpha value is -1.84. The molecule has 0 saturated carbocycles. The minimum atomic E-state index is -0.0923. The molecule has 1 heterocycles. The van der Waals surface area contributed by atoms with E-state index < -0.39 is 0 Å². The molecule has 4 heteroatoms. The fourth-order valence-corrected chi connectivity index (χ4v) is 1.80. The zero-order valence-electron chi connectivity index (χ0n) is 10.7. The number of nitrogens with zero attached hydrogens (tertiary/aromatic N) is 1. The molecule has 0 spiro atoms. The summed E-state index contributed by atoms with van der Waals surface area (Å²) in [5.41, 5.74) is 0.968. The lowest BCUT2D eigenvalue weighted by molar-refractivity contribution is 0.101. The first kappa shape index (κ1) is 12.6. The summed E-state index contributed by atoms with van der Waals surface area (Å²) < 4.78 is 10.7. The molecule has 0 atom stereocenters. The van der Waals surface area contributed by atoms with E-state index in [9.17, 15) is 4.79 Å². The molecule has 0 bridgehead atoms. The topological polar surface area (TPSA) is 52.3 Å². The Kier molecular flexibility index (Phi) is 3.97. The van der Waals surface area contributed by atoms with Crippen molar-refractivity contribution < 1.29 is 14.1 Å². The average molecular weight is 247 g/mol. The summed E-state index contributed by atoms with van der Waals surface area (Å²) in [6, 6.07) is 5.44. The maximum absolute atomic E-state index is 11.3. The van der Waals surface area contributed by atoms with E-state index in [0.717, 1.165) is 17.6 Å². The minimum Gasteiger partial charge on any atom is -0.493 e. The first-order valence-electron chi connectivity index (χ1n) is 6.25. The van der Waals surface area contributed by atoms with Gasteiger partial charge < -0.3 is 9.26 Å². The van der Waals surface area contributed by atoms with Crippen LogP contribution in [0.15, 0.2) is 22.7 Å². The van der Waals surface area contributed by atoms with Gasteiger partial charge in [-0.25, -0.2) is 0 Å². The second-order valence-corrected chi connectivity index (χ2v) is 4.30. The number of carbonyl (C=O) groups excluding carboxylic acids is 1. The number of Topliss-reactive ketones (excluding diaryl/α,β-unsaturated/α-hetero) is 1. The van der Waals surface area contributed by atoms with Gasteiger partial charge in [-0.2, -0.15) is 0 Å². The SMILES string of the molecule is CCCCCOc1ccc2c(C(C)=O)noc2c1. The summed E-state index contributed by atoms with van der Waals surface area (Å²) in [5, 5.41) is 4.50. The fourth-order valence-electron chi connectivity index (χ4n) is 1.80. The van der Waals surface area contributed by atoms with Crippen LogP contribution in [0.3, 0.4) is 0 Å². The van der Waals surface area contributed by atoms with Crippen molar-refractivity contribution in [2.75, 3.05) is 6.61 Å². The number of ketones is 1. The van der Waals surface area contributed by atoms with E-state index in [1.165, 1.54) is 19.8 Å². The van der Waals surface area contributed by atoms with Gasteiger partial charge in [0, 0.05) is 13.0 Å². The Morgan fingerprint density at radius 1 is 1.39 bits per heavy atom. The molecule has 1 aromatic heterocycles. The Bertz CT molecular complexity index is 545. The van der Waals surface area contributed by atoms with Crippen LogP contribution in [0.1, 0.15) is 43.6 Å². The maximum Gasteiger partial charge on any atom is 0.182 e. The van der Waals surface area contributed by atoms with Crippen LogP contribution in [0.4, 0.5) is 0 Å². The summed E-state index contributed by atoms with van der Waals surface area (Å²) >= 11 is 0. The third kappa shape index (κ3) is 2.70. The largest absolute Gasteiger partial charge is 0.493 e. The van der Waals surface area contributed by atoms with Gasteiger partial charge in [0.25, 0.3) is 0 Å². The van der Waals surface area contributed by atoms with Gasteiger partial charge in [0.15, 0.2) is 17.1 Å². The molecule has 0 amide bonds. The number of unbranched alkanes of at least 4 members (excludes halogenated alkanes) is 2. The van der Waals surface area contributed by atoms with Crippen LogP contribution in [0.5, 0.6) is 5.75 Å². The summed E-state index contributed by atoms with van der Waals surface area (Å²) in [6.07, 6.45) is 3.38. The van der Waals surface area contributed by atoms with Crippen LogP contribution in [0.25, 0.3) is 11.0 Å². The lowest BCUT2D eigenvalue weighted by atomic mass is 10.1. The molecule has 0 fully saturated rings.